The number of piperidine rings is 1. The molecule has 0 aliphatic carbocycles. The summed E-state index contributed by atoms with van der Waals surface area (Å²) < 4.78 is 5.37. The first kappa shape index (κ1) is 18.1. The van der Waals surface area contributed by atoms with Crippen LogP contribution in [0.1, 0.15) is 33.6 Å². The number of nitrogens with zero attached hydrogens (tertiary/aromatic N) is 2. The third-order valence-corrected chi connectivity index (χ3v) is 3.94. The van der Waals surface area contributed by atoms with Crippen LogP contribution in [-0.4, -0.2) is 42.6 Å². The molecule has 0 spiro atoms. The molecule has 1 aliphatic heterocycles. The summed E-state index contributed by atoms with van der Waals surface area (Å²) in [6.45, 7) is 6.64. The minimum absolute atomic E-state index is 0.00908. The van der Waals surface area contributed by atoms with Gasteiger partial charge >= 0.3 is 6.09 Å². The molecule has 0 unspecified atom stereocenters. The molecule has 0 saturated carbocycles. The van der Waals surface area contributed by atoms with E-state index in [1.165, 1.54) is 0 Å². The SMILES string of the molecule is CN(NC(=O)C1CCN(C(=O)OC(C)(C)C)CC1)c1ccccc1. The van der Waals surface area contributed by atoms with Gasteiger partial charge in [-0.05, 0) is 45.7 Å². The van der Waals surface area contributed by atoms with Gasteiger partial charge in [0, 0.05) is 26.1 Å². The largest absolute Gasteiger partial charge is 0.444 e. The van der Waals surface area contributed by atoms with Gasteiger partial charge in [0.1, 0.15) is 5.60 Å². The summed E-state index contributed by atoms with van der Waals surface area (Å²) in [7, 11) is 1.82. The average molecular weight is 333 g/mol. The Morgan fingerprint density at radius 1 is 1.17 bits per heavy atom. The van der Waals surface area contributed by atoms with Crippen LogP contribution in [-0.2, 0) is 9.53 Å². The fraction of sp³-hybridized carbons (Fsp3) is 0.556. The van der Waals surface area contributed by atoms with Crippen LogP contribution in [0.2, 0.25) is 0 Å². The summed E-state index contributed by atoms with van der Waals surface area (Å²) in [6.07, 6.45) is 0.990. The van der Waals surface area contributed by atoms with Gasteiger partial charge in [-0.25, -0.2) is 4.79 Å². The number of para-hydroxylation sites is 1. The predicted molar refractivity (Wildman–Crippen MR) is 93.5 cm³/mol. The maximum absolute atomic E-state index is 12.4. The highest BCUT2D eigenvalue weighted by molar-refractivity contribution is 5.80. The number of benzene rings is 1. The second kappa shape index (κ2) is 7.55. The number of nitrogens with one attached hydrogen (secondary N) is 1. The van der Waals surface area contributed by atoms with Gasteiger partial charge < -0.3 is 9.64 Å². The molecule has 6 nitrogen and oxygen atoms in total. The van der Waals surface area contributed by atoms with Crippen LogP contribution in [0.3, 0.4) is 0 Å². The highest BCUT2D eigenvalue weighted by atomic mass is 16.6. The molecule has 0 bridgehead atoms. The van der Waals surface area contributed by atoms with Gasteiger partial charge in [0.05, 0.1) is 5.69 Å². The first-order valence-corrected chi connectivity index (χ1v) is 8.33. The maximum atomic E-state index is 12.4. The van der Waals surface area contributed by atoms with E-state index in [4.69, 9.17) is 4.74 Å². The molecule has 1 heterocycles. The summed E-state index contributed by atoms with van der Waals surface area (Å²) in [5.41, 5.74) is 3.34. The number of carbonyl (C=O) groups excluding carboxylic acids is 2. The number of anilines is 1. The van der Waals surface area contributed by atoms with Crippen LogP contribution in [0.25, 0.3) is 0 Å². The number of rotatable bonds is 3. The highest BCUT2D eigenvalue weighted by Gasteiger charge is 2.30. The Kier molecular flexibility index (Phi) is 5.70. The Hall–Kier alpha value is -2.24. The van der Waals surface area contributed by atoms with Gasteiger partial charge in [-0.15, -0.1) is 0 Å². The normalized spacial score (nSPS) is 15.8. The molecule has 6 heteroatoms. The zero-order valence-corrected chi connectivity index (χ0v) is 14.9. The number of hydrazine groups is 1. The number of amides is 2. The standard InChI is InChI=1S/C18H27N3O3/c1-18(2,3)24-17(23)21-12-10-14(11-13-21)16(22)19-20(4)15-8-6-5-7-9-15/h5-9,14H,10-13H2,1-4H3,(H,19,22). The van der Waals surface area contributed by atoms with Crippen molar-refractivity contribution in [2.24, 2.45) is 5.92 Å². The summed E-state index contributed by atoms with van der Waals surface area (Å²) in [4.78, 5) is 26.1. The number of hydrogen-bond acceptors (Lipinski definition) is 4. The minimum atomic E-state index is -0.496. The fourth-order valence-corrected chi connectivity index (χ4v) is 2.62. The van der Waals surface area contributed by atoms with Gasteiger partial charge in [-0.1, -0.05) is 18.2 Å². The molecule has 0 radical (unpaired) electrons. The third kappa shape index (κ3) is 5.15. The minimum Gasteiger partial charge on any atom is -0.444 e. The first-order valence-electron chi connectivity index (χ1n) is 8.33. The van der Waals surface area contributed by atoms with Crippen LogP contribution in [0.15, 0.2) is 30.3 Å². The van der Waals surface area contributed by atoms with Gasteiger partial charge in [0.2, 0.25) is 5.91 Å². The van der Waals surface area contributed by atoms with E-state index in [-0.39, 0.29) is 17.9 Å². The van der Waals surface area contributed by atoms with E-state index in [9.17, 15) is 9.59 Å². The van der Waals surface area contributed by atoms with Gasteiger partial charge in [0.25, 0.3) is 0 Å². The number of hydrogen-bond donors (Lipinski definition) is 1. The van der Waals surface area contributed by atoms with Gasteiger partial charge in [-0.2, -0.15) is 0 Å². The molecule has 1 fully saturated rings. The quantitative estimate of drug-likeness (QED) is 0.864. The summed E-state index contributed by atoms with van der Waals surface area (Å²) in [5.74, 6) is -0.0972. The van der Waals surface area contributed by atoms with Crippen LogP contribution >= 0.6 is 0 Å². The fourth-order valence-electron chi connectivity index (χ4n) is 2.62. The Morgan fingerprint density at radius 3 is 2.29 bits per heavy atom. The van der Waals surface area contributed by atoms with Crippen molar-refractivity contribution in [2.75, 3.05) is 25.1 Å². The van der Waals surface area contributed by atoms with Crippen molar-refractivity contribution < 1.29 is 14.3 Å². The van der Waals surface area contributed by atoms with E-state index in [2.05, 4.69) is 5.43 Å². The second-order valence-corrected chi connectivity index (χ2v) is 7.11. The predicted octanol–water partition coefficient (Wildman–Crippen LogP) is 2.80. The van der Waals surface area contributed by atoms with Gasteiger partial charge in [0.15, 0.2) is 0 Å². The molecule has 0 aromatic heterocycles. The Morgan fingerprint density at radius 2 is 1.75 bits per heavy atom. The van der Waals surface area contributed by atoms with E-state index < -0.39 is 5.60 Å². The summed E-state index contributed by atoms with van der Waals surface area (Å²) in [6, 6.07) is 9.66. The topological polar surface area (TPSA) is 61.9 Å². The zero-order chi connectivity index (χ0) is 17.7. The van der Waals surface area contributed by atoms with Crippen molar-refractivity contribution in [2.45, 2.75) is 39.2 Å². The Labute approximate surface area is 143 Å². The van der Waals surface area contributed by atoms with Crippen LogP contribution in [0.5, 0.6) is 0 Å². The smallest absolute Gasteiger partial charge is 0.410 e. The lowest BCUT2D eigenvalue weighted by Gasteiger charge is -2.33. The van der Waals surface area contributed by atoms with E-state index in [0.29, 0.717) is 25.9 Å². The zero-order valence-electron chi connectivity index (χ0n) is 14.9. The lowest BCUT2D eigenvalue weighted by molar-refractivity contribution is -0.126. The molecule has 132 valence electrons. The first-order chi connectivity index (χ1) is 11.3. The number of carbonyl (C=O) groups is 2. The molecule has 1 aromatic carbocycles. The van der Waals surface area contributed by atoms with Crippen LogP contribution < -0.4 is 10.4 Å². The molecule has 1 saturated heterocycles. The monoisotopic (exact) mass is 333 g/mol. The average Bonchev–Trinajstić information content (AvgIpc) is 2.54. The van der Waals surface area contributed by atoms with E-state index in [1.807, 2.05) is 58.2 Å². The molecule has 1 N–H and O–H groups in total. The van der Waals surface area contributed by atoms with Crippen LogP contribution in [0, 0.1) is 5.92 Å². The van der Waals surface area contributed by atoms with Crippen molar-refractivity contribution >= 4 is 17.7 Å². The third-order valence-electron chi connectivity index (χ3n) is 3.94. The molecule has 2 rings (SSSR count). The molecule has 1 aromatic rings. The van der Waals surface area contributed by atoms with E-state index in [0.717, 1.165) is 5.69 Å². The maximum Gasteiger partial charge on any atom is 0.410 e. The lowest BCUT2D eigenvalue weighted by Crippen LogP contribution is -2.48. The molecular weight excluding hydrogens is 306 g/mol. The Bertz CT molecular complexity index is 561. The Balaban J connectivity index is 1.81. The van der Waals surface area contributed by atoms with Crippen molar-refractivity contribution in [3.8, 4) is 0 Å². The van der Waals surface area contributed by atoms with E-state index in [1.54, 1.807) is 9.91 Å². The van der Waals surface area contributed by atoms with Crippen LogP contribution in [0.4, 0.5) is 10.5 Å². The van der Waals surface area contributed by atoms with Crippen molar-refractivity contribution in [3.63, 3.8) is 0 Å². The van der Waals surface area contributed by atoms with Gasteiger partial charge in [-0.3, -0.25) is 15.2 Å². The van der Waals surface area contributed by atoms with Crippen molar-refractivity contribution in [3.05, 3.63) is 30.3 Å². The molecule has 1 aliphatic rings. The number of ether oxygens (including phenoxy) is 1. The summed E-state index contributed by atoms with van der Waals surface area (Å²) >= 11 is 0. The molecular formula is C18H27N3O3. The molecule has 0 atom stereocenters. The van der Waals surface area contributed by atoms with Crippen molar-refractivity contribution in [1.29, 1.82) is 0 Å². The summed E-state index contributed by atoms with van der Waals surface area (Å²) in [5, 5.41) is 1.72. The molecule has 2 amide bonds. The molecule has 24 heavy (non-hydrogen) atoms. The lowest BCUT2D eigenvalue weighted by atomic mass is 9.96. The second-order valence-electron chi connectivity index (χ2n) is 7.11. The van der Waals surface area contributed by atoms with Crippen molar-refractivity contribution in [1.82, 2.24) is 10.3 Å². The van der Waals surface area contributed by atoms with E-state index >= 15 is 0 Å². The highest BCUT2D eigenvalue weighted by Crippen LogP contribution is 2.20. The number of likely N-dealkylation sites (tertiary alicyclic amines) is 1.